The number of rotatable bonds is 6. The lowest BCUT2D eigenvalue weighted by molar-refractivity contribution is -0.140. The number of likely N-dealkylation sites (tertiary alicyclic amines) is 1. The van der Waals surface area contributed by atoms with Crippen molar-refractivity contribution in [2.24, 2.45) is 0 Å². The lowest BCUT2D eigenvalue weighted by atomic mass is 9.94. The smallest absolute Gasteiger partial charge is 0.337 e. The van der Waals surface area contributed by atoms with Crippen molar-refractivity contribution in [1.82, 2.24) is 4.90 Å². The highest BCUT2D eigenvalue weighted by atomic mass is 16.5. The van der Waals surface area contributed by atoms with Gasteiger partial charge in [-0.25, -0.2) is 4.79 Å². The van der Waals surface area contributed by atoms with Gasteiger partial charge in [0.15, 0.2) is 0 Å². The van der Waals surface area contributed by atoms with Crippen LogP contribution in [0, 0.1) is 0 Å². The second kappa shape index (κ2) is 10.2. The zero-order valence-electron chi connectivity index (χ0n) is 20.9. The van der Waals surface area contributed by atoms with Gasteiger partial charge in [0.1, 0.15) is 11.5 Å². The molecule has 1 unspecified atom stereocenters. The maximum absolute atomic E-state index is 13.4. The van der Waals surface area contributed by atoms with Gasteiger partial charge in [0.2, 0.25) is 0 Å². The fraction of sp³-hybridized carbons (Fsp3) is 0.129. The number of amides is 1. The van der Waals surface area contributed by atoms with Gasteiger partial charge in [0.05, 0.1) is 31.4 Å². The van der Waals surface area contributed by atoms with Crippen LogP contribution in [0.1, 0.15) is 33.1 Å². The van der Waals surface area contributed by atoms with Crippen molar-refractivity contribution in [2.45, 2.75) is 12.6 Å². The molecule has 4 aromatic carbocycles. The first-order chi connectivity index (χ1) is 18.4. The Kier molecular flexibility index (Phi) is 6.66. The summed E-state index contributed by atoms with van der Waals surface area (Å²) in [7, 11) is 2.84. The summed E-state index contributed by atoms with van der Waals surface area (Å²) >= 11 is 0. The van der Waals surface area contributed by atoms with Crippen LogP contribution in [-0.4, -0.2) is 41.9 Å². The number of carbonyl (C=O) groups excluding carboxylic acids is 3. The van der Waals surface area contributed by atoms with Crippen LogP contribution >= 0.6 is 0 Å². The molecule has 0 spiro atoms. The summed E-state index contributed by atoms with van der Waals surface area (Å²) < 4.78 is 10.1. The van der Waals surface area contributed by atoms with Gasteiger partial charge in [-0.2, -0.15) is 0 Å². The maximum Gasteiger partial charge on any atom is 0.337 e. The number of hydrogen-bond acceptors (Lipinski definition) is 6. The van der Waals surface area contributed by atoms with Crippen LogP contribution < -0.4 is 4.74 Å². The molecule has 190 valence electrons. The monoisotopic (exact) mass is 507 g/mol. The van der Waals surface area contributed by atoms with Gasteiger partial charge in [0.25, 0.3) is 11.7 Å². The summed E-state index contributed by atoms with van der Waals surface area (Å²) in [5, 5.41) is 13.3. The molecule has 0 aliphatic carbocycles. The van der Waals surface area contributed by atoms with Crippen molar-refractivity contribution in [1.29, 1.82) is 0 Å². The molecule has 1 aliphatic rings. The van der Waals surface area contributed by atoms with E-state index in [4.69, 9.17) is 9.47 Å². The molecule has 1 amide bonds. The summed E-state index contributed by atoms with van der Waals surface area (Å²) in [4.78, 5) is 40.0. The van der Waals surface area contributed by atoms with Crippen LogP contribution in [0.3, 0.4) is 0 Å². The quantitative estimate of drug-likeness (QED) is 0.166. The Balaban J connectivity index is 1.61. The summed E-state index contributed by atoms with van der Waals surface area (Å²) in [5.74, 6) is -1.65. The number of carbonyl (C=O) groups is 3. The Morgan fingerprint density at radius 1 is 0.842 bits per heavy atom. The number of hydrogen-bond donors (Lipinski definition) is 1. The van der Waals surface area contributed by atoms with Gasteiger partial charge < -0.3 is 19.5 Å². The largest absolute Gasteiger partial charge is 0.507 e. The van der Waals surface area contributed by atoms with E-state index < -0.39 is 23.7 Å². The molecule has 1 aliphatic heterocycles. The summed E-state index contributed by atoms with van der Waals surface area (Å²) in [5.41, 5.74) is 2.15. The number of Topliss-reactive ketones (excluding diaryl/α,β-unsaturated/α-hetero) is 1. The Labute approximate surface area is 219 Å². The predicted octanol–water partition coefficient (Wildman–Crippen LogP) is 5.26. The topological polar surface area (TPSA) is 93.1 Å². The van der Waals surface area contributed by atoms with Gasteiger partial charge in [-0.1, -0.05) is 60.7 Å². The van der Waals surface area contributed by atoms with E-state index in [0.29, 0.717) is 28.0 Å². The number of benzene rings is 4. The minimum atomic E-state index is -0.850. The molecule has 1 N–H and O–H groups in total. The Morgan fingerprint density at radius 3 is 2.26 bits per heavy atom. The number of aliphatic hydroxyl groups excluding tert-OH is 1. The highest BCUT2D eigenvalue weighted by Gasteiger charge is 2.46. The van der Waals surface area contributed by atoms with Crippen molar-refractivity contribution < 1.29 is 29.0 Å². The Hall–Kier alpha value is -4.91. The Bertz CT molecular complexity index is 1590. The SMILES string of the molecule is COC(=O)c1ccc(CN2C(=O)C(=O)/C(=C(\O)c3ccc4ccccc4c3)C2c2cccc(OC)c2)cc1. The molecule has 0 radical (unpaired) electrons. The van der Waals surface area contributed by atoms with E-state index in [-0.39, 0.29) is 17.9 Å². The minimum absolute atomic E-state index is 0.00437. The third kappa shape index (κ3) is 4.50. The molecular weight excluding hydrogens is 482 g/mol. The molecule has 38 heavy (non-hydrogen) atoms. The molecule has 7 heteroatoms. The average Bonchev–Trinajstić information content (AvgIpc) is 3.21. The van der Waals surface area contributed by atoms with Crippen molar-refractivity contribution in [3.05, 3.63) is 119 Å². The van der Waals surface area contributed by atoms with Crippen LogP contribution in [0.15, 0.2) is 96.6 Å². The number of aliphatic hydroxyl groups is 1. The molecule has 1 fully saturated rings. The van der Waals surface area contributed by atoms with Crippen LogP contribution in [-0.2, 0) is 20.9 Å². The first kappa shape index (κ1) is 24.8. The zero-order valence-corrected chi connectivity index (χ0v) is 20.9. The number of ketones is 1. The number of fused-ring (bicyclic) bond motifs is 1. The highest BCUT2D eigenvalue weighted by Crippen LogP contribution is 2.41. The van der Waals surface area contributed by atoms with E-state index in [2.05, 4.69) is 0 Å². The Morgan fingerprint density at radius 2 is 1.55 bits per heavy atom. The van der Waals surface area contributed by atoms with Gasteiger partial charge >= 0.3 is 5.97 Å². The molecule has 0 bridgehead atoms. The lowest BCUT2D eigenvalue weighted by Crippen LogP contribution is -2.29. The molecule has 1 atom stereocenters. The third-order valence-electron chi connectivity index (χ3n) is 6.70. The molecule has 0 aromatic heterocycles. The standard InChI is InChI=1S/C31H25NO6/c1-37-25-9-5-8-23(17-25)27-26(28(33)24-15-14-20-6-3-4-7-22(20)16-24)29(34)30(35)32(27)18-19-10-12-21(13-11-19)31(36)38-2/h3-17,27,33H,18H2,1-2H3/b28-26-. The lowest BCUT2D eigenvalue weighted by Gasteiger charge is -2.26. The second-order valence-corrected chi connectivity index (χ2v) is 8.95. The summed E-state index contributed by atoms with van der Waals surface area (Å²) in [6.07, 6.45) is 0. The predicted molar refractivity (Wildman–Crippen MR) is 143 cm³/mol. The van der Waals surface area contributed by atoms with Crippen LogP contribution in [0.2, 0.25) is 0 Å². The van der Waals surface area contributed by atoms with Gasteiger partial charge in [-0.15, -0.1) is 0 Å². The van der Waals surface area contributed by atoms with Crippen molar-refractivity contribution in [2.75, 3.05) is 14.2 Å². The number of nitrogens with zero attached hydrogens (tertiary/aromatic N) is 1. The normalized spacial score (nSPS) is 16.6. The molecule has 4 aromatic rings. The van der Waals surface area contributed by atoms with Crippen LogP contribution in [0.25, 0.3) is 16.5 Å². The summed E-state index contributed by atoms with van der Waals surface area (Å²) in [6, 6.07) is 25.9. The van der Waals surface area contributed by atoms with E-state index >= 15 is 0 Å². The molecule has 5 rings (SSSR count). The molecular formula is C31H25NO6. The molecule has 7 nitrogen and oxygen atoms in total. The van der Waals surface area contributed by atoms with Gasteiger partial charge in [-0.3, -0.25) is 9.59 Å². The number of ether oxygens (including phenoxy) is 2. The summed E-state index contributed by atoms with van der Waals surface area (Å²) in [6.45, 7) is 0.0857. The third-order valence-corrected chi connectivity index (χ3v) is 6.70. The fourth-order valence-electron chi connectivity index (χ4n) is 4.75. The highest BCUT2D eigenvalue weighted by molar-refractivity contribution is 6.46. The van der Waals surface area contributed by atoms with E-state index in [0.717, 1.165) is 10.8 Å². The first-order valence-electron chi connectivity index (χ1n) is 12.0. The maximum atomic E-state index is 13.4. The van der Waals surface area contributed by atoms with Gasteiger partial charge in [-0.05, 0) is 52.2 Å². The van der Waals surface area contributed by atoms with Crippen molar-refractivity contribution in [3.63, 3.8) is 0 Å². The fourth-order valence-corrected chi connectivity index (χ4v) is 4.75. The second-order valence-electron chi connectivity index (χ2n) is 8.95. The van der Waals surface area contributed by atoms with Crippen LogP contribution in [0.5, 0.6) is 5.75 Å². The number of esters is 1. The number of methoxy groups -OCH3 is 2. The van der Waals surface area contributed by atoms with E-state index in [9.17, 15) is 19.5 Å². The molecule has 1 saturated heterocycles. The van der Waals surface area contributed by atoms with E-state index in [1.165, 1.54) is 19.1 Å². The first-order valence-corrected chi connectivity index (χ1v) is 12.0. The van der Waals surface area contributed by atoms with E-state index in [1.54, 1.807) is 60.7 Å². The molecule has 0 saturated carbocycles. The van der Waals surface area contributed by atoms with Crippen molar-refractivity contribution in [3.8, 4) is 5.75 Å². The van der Waals surface area contributed by atoms with Crippen molar-refractivity contribution >= 4 is 34.2 Å². The zero-order chi connectivity index (χ0) is 26.8. The molecule has 1 heterocycles. The van der Waals surface area contributed by atoms with Crippen LogP contribution in [0.4, 0.5) is 0 Å². The van der Waals surface area contributed by atoms with E-state index in [1.807, 2.05) is 30.3 Å². The average molecular weight is 508 g/mol. The van der Waals surface area contributed by atoms with Gasteiger partial charge in [0, 0.05) is 12.1 Å². The minimum Gasteiger partial charge on any atom is -0.507 e.